The summed E-state index contributed by atoms with van der Waals surface area (Å²) < 4.78 is 17.4. The fourth-order valence-corrected chi connectivity index (χ4v) is 7.30. The topological polar surface area (TPSA) is 139 Å². The molecule has 1 aromatic heterocycles. The van der Waals surface area contributed by atoms with Crippen LogP contribution in [0.2, 0.25) is 0 Å². The van der Waals surface area contributed by atoms with Crippen LogP contribution in [0.15, 0.2) is 66.9 Å². The average molecular weight is 654 g/mol. The van der Waals surface area contributed by atoms with Crippen molar-refractivity contribution in [2.45, 2.75) is 56.2 Å². The Labute approximate surface area is 278 Å². The molecule has 2 saturated heterocycles. The van der Waals surface area contributed by atoms with Gasteiger partial charge in [0.15, 0.2) is 5.54 Å². The maximum atomic E-state index is 14.6. The standard InChI is InChI=1S/C36H39N5O7/c1-34(2,3)48-33(45)41-19-28(23-8-5-4-6-9-23)40(32(44)36(41)21-46-14-15-47-22-36)20-29(42)38-26-12-11-24-17-35(18-25(24)16-26)27-10-7-13-37-30(27)39-31(35)43/h4-13,16,28H,14-15,17-22H2,1-3H3,(H,38,42)(H,37,39,43)/t28?,35-/m1/s1. The van der Waals surface area contributed by atoms with E-state index in [1.54, 1.807) is 27.0 Å². The van der Waals surface area contributed by atoms with Crippen LogP contribution >= 0.6 is 0 Å². The zero-order chi connectivity index (χ0) is 33.7. The van der Waals surface area contributed by atoms with Gasteiger partial charge in [-0.15, -0.1) is 0 Å². The van der Waals surface area contributed by atoms with Gasteiger partial charge in [0.25, 0.3) is 5.91 Å². The lowest BCUT2D eigenvalue weighted by Gasteiger charge is -2.51. The number of pyridine rings is 1. The van der Waals surface area contributed by atoms with E-state index >= 15 is 0 Å². The van der Waals surface area contributed by atoms with E-state index in [0.717, 1.165) is 22.3 Å². The van der Waals surface area contributed by atoms with Gasteiger partial charge in [-0.3, -0.25) is 19.3 Å². The number of hydrogen-bond donors (Lipinski definition) is 2. The summed E-state index contributed by atoms with van der Waals surface area (Å²) in [7, 11) is 0. The van der Waals surface area contributed by atoms with E-state index in [9.17, 15) is 19.2 Å². The zero-order valence-electron chi connectivity index (χ0n) is 27.3. The van der Waals surface area contributed by atoms with Gasteiger partial charge in [0.1, 0.15) is 18.0 Å². The molecule has 2 spiro atoms. The first-order valence-corrected chi connectivity index (χ1v) is 16.2. The molecule has 48 heavy (non-hydrogen) atoms. The predicted molar refractivity (Wildman–Crippen MR) is 175 cm³/mol. The number of anilines is 2. The Morgan fingerprint density at radius 3 is 2.46 bits per heavy atom. The first kappa shape index (κ1) is 31.8. The van der Waals surface area contributed by atoms with Gasteiger partial charge >= 0.3 is 6.09 Å². The van der Waals surface area contributed by atoms with Crippen molar-refractivity contribution < 1.29 is 33.4 Å². The van der Waals surface area contributed by atoms with Crippen molar-refractivity contribution in [3.8, 4) is 0 Å². The maximum Gasteiger partial charge on any atom is 0.411 e. The molecule has 0 saturated carbocycles. The summed E-state index contributed by atoms with van der Waals surface area (Å²) in [5.74, 6) is -0.341. The largest absolute Gasteiger partial charge is 0.444 e. The van der Waals surface area contributed by atoms with Crippen LogP contribution in [-0.4, -0.2) is 89.3 Å². The van der Waals surface area contributed by atoms with E-state index in [1.807, 2.05) is 60.7 Å². The lowest BCUT2D eigenvalue weighted by Crippen LogP contribution is -2.72. The van der Waals surface area contributed by atoms with Crippen molar-refractivity contribution in [1.29, 1.82) is 0 Å². The van der Waals surface area contributed by atoms with Crippen molar-refractivity contribution in [1.82, 2.24) is 14.8 Å². The number of carbonyl (C=O) groups is 4. The third-order valence-electron chi connectivity index (χ3n) is 9.54. The van der Waals surface area contributed by atoms with E-state index in [-0.39, 0.29) is 45.4 Å². The van der Waals surface area contributed by atoms with Gasteiger partial charge in [-0.05, 0) is 68.5 Å². The number of benzene rings is 2. The van der Waals surface area contributed by atoms with Crippen LogP contribution in [0.3, 0.4) is 0 Å². The highest BCUT2D eigenvalue weighted by molar-refractivity contribution is 6.06. The van der Waals surface area contributed by atoms with E-state index in [1.165, 1.54) is 9.80 Å². The fourth-order valence-electron chi connectivity index (χ4n) is 7.30. The second kappa shape index (κ2) is 12.0. The van der Waals surface area contributed by atoms with E-state index in [0.29, 0.717) is 24.3 Å². The van der Waals surface area contributed by atoms with Crippen LogP contribution < -0.4 is 10.6 Å². The first-order valence-electron chi connectivity index (χ1n) is 16.2. The summed E-state index contributed by atoms with van der Waals surface area (Å²) >= 11 is 0. The molecule has 1 aliphatic carbocycles. The molecular formula is C36H39N5O7. The highest BCUT2D eigenvalue weighted by atomic mass is 16.6. The number of rotatable bonds is 4. The van der Waals surface area contributed by atoms with E-state index < -0.39 is 40.5 Å². The number of hydrogen-bond acceptors (Lipinski definition) is 8. The number of nitrogens with one attached hydrogen (secondary N) is 2. The third-order valence-corrected chi connectivity index (χ3v) is 9.54. The highest BCUT2D eigenvalue weighted by Crippen LogP contribution is 2.47. The normalized spacial score (nSPS) is 23.0. The summed E-state index contributed by atoms with van der Waals surface area (Å²) in [5, 5.41) is 5.90. The van der Waals surface area contributed by atoms with E-state index in [4.69, 9.17) is 14.2 Å². The summed E-state index contributed by atoms with van der Waals surface area (Å²) in [6, 6.07) is 18.1. The van der Waals surface area contributed by atoms with Gasteiger partial charge in [0.05, 0.1) is 37.9 Å². The predicted octanol–water partition coefficient (Wildman–Crippen LogP) is 3.62. The molecule has 2 aromatic carbocycles. The minimum atomic E-state index is -1.51. The first-order chi connectivity index (χ1) is 23.0. The number of piperazine rings is 1. The second-order valence-corrected chi connectivity index (χ2v) is 13.9. The minimum Gasteiger partial charge on any atom is -0.444 e. The third kappa shape index (κ3) is 5.58. The second-order valence-electron chi connectivity index (χ2n) is 13.9. The van der Waals surface area contributed by atoms with Gasteiger partial charge in [-0.25, -0.2) is 9.78 Å². The van der Waals surface area contributed by atoms with Gasteiger partial charge in [0.2, 0.25) is 11.8 Å². The molecule has 2 atom stereocenters. The smallest absolute Gasteiger partial charge is 0.411 e. The number of aromatic nitrogens is 1. The highest BCUT2D eigenvalue weighted by Gasteiger charge is 2.57. The zero-order valence-corrected chi connectivity index (χ0v) is 27.3. The van der Waals surface area contributed by atoms with Crippen LogP contribution in [0.25, 0.3) is 0 Å². The summed E-state index contributed by atoms with van der Waals surface area (Å²) in [6.45, 7) is 5.46. The molecule has 4 heterocycles. The monoisotopic (exact) mass is 653 g/mol. The van der Waals surface area contributed by atoms with Crippen molar-refractivity contribution in [3.63, 3.8) is 0 Å². The number of nitrogens with zero attached hydrogens (tertiary/aromatic N) is 3. The van der Waals surface area contributed by atoms with Gasteiger partial charge in [-0.2, -0.15) is 0 Å². The average Bonchev–Trinajstić information content (AvgIpc) is 3.44. The Hall–Kier alpha value is -4.81. The van der Waals surface area contributed by atoms with Crippen molar-refractivity contribution in [2.24, 2.45) is 0 Å². The van der Waals surface area contributed by atoms with Crippen molar-refractivity contribution >= 4 is 35.3 Å². The van der Waals surface area contributed by atoms with Crippen LogP contribution in [0, 0.1) is 0 Å². The van der Waals surface area contributed by atoms with Crippen LogP contribution in [-0.2, 0) is 46.9 Å². The van der Waals surface area contributed by atoms with Gasteiger partial charge < -0.3 is 29.7 Å². The van der Waals surface area contributed by atoms with Crippen molar-refractivity contribution in [2.75, 3.05) is 50.2 Å². The van der Waals surface area contributed by atoms with Crippen molar-refractivity contribution in [3.05, 3.63) is 89.1 Å². The lowest BCUT2D eigenvalue weighted by molar-refractivity contribution is -0.165. The molecule has 2 N–H and O–H groups in total. The molecule has 2 fully saturated rings. The maximum absolute atomic E-state index is 14.6. The van der Waals surface area contributed by atoms with Crippen LogP contribution in [0.1, 0.15) is 49.1 Å². The molecule has 12 heteroatoms. The molecule has 7 rings (SSSR count). The Morgan fingerprint density at radius 2 is 1.73 bits per heavy atom. The van der Waals surface area contributed by atoms with E-state index in [2.05, 4.69) is 15.6 Å². The summed E-state index contributed by atoms with van der Waals surface area (Å²) in [6.07, 6.45) is 2.04. The molecule has 0 bridgehead atoms. The quantitative estimate of drug-likeness (QED) is 0.436. The molecule has 1 unspecified atom stereocenters. The molecule has 4 amide bonds. The molecular weight excluding hydrogens is 614 g/mol. The Bertz CT molecular complexity index is 1770. The Kier molecular flexibility index (Phi) is 7.95. The SMILES string of the molecule is CC(C)(C)OC(=O)N1CC(c2ccccc2)N(CC(=O)Nc2ccc3c(c2)C[C@@]2(C3)C(=O)Nc3ncccc32)C(=O)C12COCCOC2. The Morgan fingerprint density at radius 1 is 1.00 bits per heavy atom. The lowest BCUT2D eigenvalue weighted by atomic mass is 9.79. The van der Waals surface area contributed by atoms with Crippen LogP contribution in [0.4, 0.5) is 16.3 Å². The molecule has 12 nitrogen and oxygen atoms in total. The fraction of sp³-hybridized carbons (Fsp3) is 0.417. The van der Waals surface area contributed by atoms with Crippen LogP contribution in [0.5, 0.6) is 0 Å². The molecule has 3 aliphatic heterocycles. The summed E-state index contributed by atoms with van der Waals surface area (Å²) in [5.41, 5.74) is 1.17. The Balaban J connectivity index is 1.15. The number of amides is 4. The molecule has 3 aromatic rings. The number of ether oxygens (including phenoxy) is 3. The molecule has 4 aliphatic rings. The molecule has 250 valence electrons. The van der Waals surface area contributed by atoms with Gasteiger partial charge in [-0.1, -0.05) is 42.5 Å². The molecule has 0 radical (unpaired) electrons. The summed E-state index contributed by atoms with van der Waals surface area (Å²) in [4.78, 5) is 62.5. The minimum absolute atomic E-state index is 0.0734. The van der Waals surface area contributed by atoms with Gasteiger partial charge in [0, 0.05) is 24.0 Å². The number of fused-ring (bicyclic) bond motifs is 3. The number of carbonyl (C=O) groups excluding carboxylic acids is 4.